The van der Waals surface area contributed by atoms with Gasteiger partial charge in [0.1, 0.15) is 18.5 Å². The van der Waals surface area contributed by atoms with Gasteiger partial charge in [-0.1, -0.05) is 109 Å². The Labute approximate surface area is 229 Å². The molecule has 39 heavy (non-hydrogen) atoms. The molecule has 6 rings (SSSR count). The predicted octanol–water partition coefficient (Wildman–Crippen LogP) is 7.94. The number of carbonyl (C=O) groups is 1. The zero-order chi connectivity index (χ0) is 26.6. The smallest absolute Gasteiger partial charge is 0.262 e. The first-order valence-electron chi connectivity index (χ1n) is 13.2. The third-order valence-corrected chi connectivity index (χ3v) is 7.14. The molecule has 1 heterocycles. The van der Waals surface area contributed by atoms with E-state index in [4.69, 9.17) is 4.74 Å². The topological polar surface area (TPSA) is 32.8 Å². The standard InChI is InChI=1S/C35H30N2O2/c1-26-20-22-29(23-21-26)37-34(31-17-9-11-19-33(31)39-25-28-14-6-3-7-15-28)36(24-27-12-4-2-5-13-27)32-18-10-8-16-30(32)35(37)38/h2-23,34H,24-25H2,1H3/t34-/m1/s1. The Balaban J connectivity index is 1.51. The molecule has 5 aromatic rings. The summed E-state index contributed by atoms with van der Waals surface area (Å²) in [4.78, 5) is 18.5. The highest BCUT2D eigenvalue weighted by molar-refractivity contribution is 6.12. The van der Waals surface area contributed by atoms with Gasteiger partial charge in [-0.3, -0.25) is 9.69 Å². The molecular weight excluding hydrogens is 480 g/mol. The number of aryl methyl sites for hydroxylation is 1. The lowest BCUT2D eigenvalue weighted by Crippen LogP contribution is -2.49. The number of ether oxygens (including phenoxy) is 1. The lowest BCUT2D eigenvalue weighted by atomic mass is 9.98. The molecule has 0 saturated heterocycles. The van der Waals surface area contributed by atoms with Crippen molar-refractivity contribution in [1.29, 1.82) is 0 Å². The summed E-state index contributed by atoms with van der Waals surface area (Å²) in [6.45, 7) is 3.13. The van der Waals surface area contributed by atoms with Gasteiger partial charge < -0.3 is 9.64 Å². The predicted molar refractivity (Wildman–Crippen MR) is 157 cm³/mol. The van der Waals surface area contributed by atoms with Gasteiger partial charge in [0, 0.05) is 17.8 Å². The molecule has 0 unspecified atom stereocenters. The SMILES string of the molecule is Cc1ccc(N2C(=O)c3ccccc3N(Cc3ccccc3)[C@H]2c2ccccc2OCc2ccccc2)cc1. The average molecular weight is 511 g/mol. The largest absolute Gasteiger partial charge is 0.488 e. The average Bonchev–Trinajstić information content (AvgIpc) is 2.99. The van der Waals surface area contributed by atoms with E-state index in [0.717, 1.165) is 39.4 Å². The maximum absolute atomic E-state index is 14.2. The maximum Gasteiger partial charge on any atom is 0.262 e. The fourth-order valence-electron chi connectivity index (χ4n) is 5.20. The minimum absolute atomic E-state index is 0.0263. The number of carbonyl (C=O) groups excluding carboxylic acids is 1. The fourth-order valence-corrected chi connectivity index (χ4v) is 5.20. The van der Waals surface area contributed by atoms with Crippen LogP contribution >= 0.6 is 0 Å². The molecule has 0 fully saturated rings. The van der Waals surface area contributed by atoms with Gasteiger partial charge in [-0.2, -0.15) is 0 Å². The van der Waals surface area contributed by atoms with Crippen LogP contribution in [0.3, 0.4) is 0 Å². The van der Waals surface area contributed by atoms with Gasteiger partial charge in [-0.05, 0) is 48.4 Å². The van der Waals surface area contributed by atoms with Crippen molar-refractivity contribution >= 4 is 17.3 Å². The summed E-state index contributed by atoms with van der Waals surface area (Å²) in [7, 11) is 0. The summed E-state index contributed by atoms with van der Waals surface area (Å²) >= 11 is 0. The van der Waals surface area contributed by atoms with E-state index in [1.54, 1.807) is 0 Å². The Bertz CT molecular complexity index is 1570. The number of amides is 1. The van der Waals surface area contributed by atoms with E-state index in [0.29, 0.717) is 18.7 Å². The van der Waals surface area contributed by atoms with E-state index in [-0.39, 0.29) is 5.91 Å². The van der Waals surface area contributed by atoms with Crippen molar-refractivity contribution in [2.24, 2.45) is 0 Å². The van der Waals surface area contributed by atoms with Crippen molar-refractivity contribution in [1.82, 2.24) is 0 Å². The van der Waals surface area contributed by atoms with Crippen molar-refractivity contribution in [2.45, 2.75) is 26.2 Å². The lowest BCUT2D eigenvalue weighted by molar-refractivity contribution is 0.0967. The second-order valence-electron chi connectivity index (χ2n) is 9.83. The summed E-state index contributed by atoms with van der Waals surface area (Å²) < 4.78 is 6.44. The van der Waals surface area contributed by atoms with Crippen LogP contribution in [0, 0.1) is 6.92 Å². The van der Waals surface area contributed by atoms with E-state index in [1.807, 2.05) is 83.8 Å². The van der Waals surface area contributed by atoms with Crippen LogP contribution in [0.5, 0.6) is 5.75 Å². The van der Waals surface area contributed by atoms with Crippen molar-refractivity contribution in [3.05, 3.63) is 161 Å². The zero-order valence-corrected chi connectivity index (χ0v) is 21.9. The van der Waals surface area contributed by atoms with Gasteiger partial charge in [-0.15, -0.1) is 0 Å². The Kier molecular flexibility index (Phi) is 6.84. The van der Waals surface area contributed by atoms with Crippen molar-refractivity contribution in [3.8, 4) is 5.75 Å². The van der Waals surface area contributed by atoms with Crippen LogP contribution in [0.25, 0.3) is 0 Å². The first kappa shape index (κ1) is 24.5. The van der Waals surface area contributed by atoms with E-state index < -0.39 is 6.17 Å². The Morgan fingerprint density at radius 1 is 0.667 bits per heavy atom. The highest BCUT2D eigenvalue weighted by Crippen LogP contribution is 2.44. The number of fused-ring (bicyclic) bond motifs is 1. The van der Waals surface area contributed by atoms with E-state index in [1.165, 1.54) is 0 Å². The second kappa shape index (κ2) is 10.9. The van der Waals surface area contributed by atoms with Crippen molar-refractivity contribution in [3.63, 3.8) is 0 Å². The Morgan fingerprint density at radius 2 is 1.28 bits per heavy atom. The molecule has 4 heteroatoms. The van der Waals surface area contributed by atoms with E-state index in [2.05, 4.69) is 66.4 Å². The normalized spacial score (nSPS) is 14.7. The Hall–Kier alpha value is -4.83. The quantitative estimate of drug-likeness (QED) is 0.223. The van der Waals surface area contributed by atoms with Gasteiger partial charge in [0.05, 0.1) is 11.3 Å². The molecule has 5 aromatic carbocycles. The van der Waals surface area contributed by atoms with Crippen LogP contribution in [0.15, 0.2) is 133 Å². The van der Waals surface area contributed by atoms with Gasteiger partial charge in [0.15, 0.2) is 0 Å². The minimum Gasteiger partial charge on any atom is -0.488 e. The number of para-hydroxylation sites is 2. The van der Waals surface area contributed by atoms with Crippen LogP contribution in [0.4, 0.5) is 11.4 Å². The minimum atomic E-state index is -0.415. The molecule has 0 radical (unpaired) electrons. The number of hydrogen-bond donors (Lipinski definition) is 0. The molecular formula is C35H30N2O2. The molecule has 0 aliphatic carbocycles. The molecule has 0 spiro atoms. The molecule has 1 amide bonds. The van der Waals surface area contributed by atoms with Crippen LogP contribution in [-0.4, -0.2) is 5.91 Å². The third kappa shape index (κ3) is 5.01. The van der Waals surface area contributed by atoms with E-state index >= 15 is 0 Å². The first-order chi connectivity index (χ1) is 19.2. The summed E-state index contributed by atoms with van der Waals surface area (Å²) in [6.07, 6.45) is -0.415. The molecule has 0 bridgehead atoms. The molecule has 4 nitrogen and oxygen atoms in total. The van der Waals surface area contributed by atoms with Crippen molar-refractivity contribution < 1.29 is 9.53 Å². The number of nitrogens with zero attached hydrogens (tertiary/aromatic N) is 2. The molecule has 1 aliphatic heterocycles. The van der Waals surface area contributed by atoms with Gasteiger partial charge in [0.2, 0.25) is 0 Å². The highest BCUT2D eigenvalue weighted by atomic mass is 16.5. The lowest BCUT2D eigenvalue weighted by Gasteiger charge is -2.46. The van der Waals surface area contributed by atoms with Gasteiger partial charge >= 0.3 is 0 Å². The summed E-state index contributed by atoms with van der Waals surface area (Å²) in [5, 5.41) is 0. The second-order valence-corrected chi connectivity index (χ2v) is 9.83. The van der Waals surface area contributed by atoms with Crippen molar-refractivity contribution in [2.75, 3.05) is 9.80 Å². The summed E-state index contributed by atoms with van der Waals surface area (Å²) in [5.41, 5.74) is 6.79. The molecule has 0 aromatic heterocycles. The summed E-state index contributed by atoms with van der Waals surface area (Å²) in [5.74, 6) is 0.732. The number of anilines is 2. The van der Waals surface area contributed by atoms with Crippen LogP contribution in [0.1, 0.15) is 38.8 Å². The molecule has 1 aliphatic rings. The maximum atomic E-state index is 14.2. The molecule has 0 N–H and O–H groups in total. The molecule has 0 saturated carbocycles. The Morgan fingerprint density at radius 3 is 2.03 bits per heavy atom. The van der Waals surface area contributed by atoms with Gasteiger partial charge in [-0.25, -0.2) is 0 Å². The number of rotatable bonds is 7. The first-order valence-corrected chi connectivity index (χ1v) is 13.2. The monoisotopic (exact) mass is 510 g/mol. The van der Waals surface area contributed by atoms with Crippen LogP contribution in [0.2, 0.25) is 0 Å². The van der Waals surface area contributed by atoms with Crippen LogP contribution < -0.4 is 14.5 Å². The molecule has 1 atom stereocenters. The fraction of sp³-hybridized carbons (Fsp3) is 0.114. The van der Waals surface area contributed by atoms with Gasteiger partial charge in [0.25, 0.3) is 5.91 Å². The number of hydrogen-bond acceptors (Lipinski definition) is 3. The van der Waals surface area contributed by atoms with E-state index in [9.17, 15) is 4.79 Å². The molecule has 192 valence electrons. The zero-order valence-electron chi connectivity index (χ0n) is 21.9. The summed E-state index contributed by atoms with van der Waals surface area (Å²) in [6, 6.07) is 44.7. The third-order valence-electron chi connectivity index (χ3n) is 7.14. The number of benzene rings is 5. The van der Waals surface area contributed by atoms with Crippen LogP contribution in [-0.2, 0) is 13.2 Å². The highest BCUT2D eigenvalue weighted by Gasteiger charge is 2.40.